The normalized spacial score (nSPS) is 21.8. The van der Waals surface area contributed by atoms with Gasteiger partial charge in [-0.25, -0.2) is 0 Å². The van der Waals surface area contributed by atoms with Crippen molar-refractivity contribution in [3.8, 4) is 11.5 Å². The van der Waals surface area contributed by atoms with Gasteiger partial charge >= 0.3 is 0 Å². The predicted molar refractivity (Wildman–Crippen MR) is 90.4 cm³/mol. The van der Waals surface area contributed by atoms with E-state index in [2.05, 4.69) is 24.1 Å². The van der Waals surface area contributed by atoms with Gasteiger partial charge in [-0.15, -0.1) is 0 Å². The van der Waals surface area contributed by atoms with E-state index in [1.807, 2.05) is 18.2 Å². The van der Waals surface area contributed by atoms with Gasteiger partial charge in [0, 0.05) is 23.8 Å². The summed E-state index contributed by atoms with van der Waals surface area (Å²) in [5.74, 6) is 1.42. The molecule has 0 saturated carbocycles. The molecule has 1 heterocycles. The molecular formula is C16H24N2O2S. The van der Waals surface area contributed by atoms with Crippen molar-refractivity contribution in [2.75, 3.05) is 19.5 Å². The van der Waals surface area contributed by atoms with E-state index in [0.717, 1.165) is 10.8 Å². The van der Waals surface area contributed by atoms with Crippen LogP contribution in [-0.2, 0) is 0 Å². The summed E-state index contributed by atoms with van der Waals surface area (Å²) in [5, 5.41) is 4.10. The van der Waals surface area contributed by atoms with E-state index in [-0.39, 0.29) is 0 Å². The van der Waals surface area contributed by atoms with E-state index < -0.39 is 0 Å². The highest BCUT2D eigenvalue weighted by atomic mass is 32.1. The lowest BCUT2D eigenvalue weighted by Crippen LogP contribution is -2.49. The van der Waals surface area contributed by atoms with Crippen LogP contribution in [0.4, 0.5) is 5.69 Å². The molecule has 5 heteroatoms. The summed E-state index contributed by atoms with van der Waals surface area (Å²) >= 11 is 5.59. The fraction of sp³-hybridized carbons (Fsp3) is 0.562. The molecule has 1 aromatic carbocycles. The molecule has 0 aromatic heterocycles. The lowest BCUT2D eigenvalue weighted by Gasteiger charge is -2.40. The molecule has 0 unspecified atom stereocenters. The Morgan fingerprint density at radius 2 is 1.76 bits per heavy atom. The number of hydrogen-bond acceptors (Lipinski definition) is 3. The Balaban J connectivity index is 2.11. The van der Waals surface area contributed by atoms with Crippen molar-refractivity contribution < 1.29 is 9.47 Å². The lowest BCUT2D eigenvalue weighted by molar-refractivity contribution is 0.194. The number of thiocarbonyl (C=S) groups is 1. The van der Waals surface area contributed by atoms with E-state index in [9.17, 15) is 0 Å². The highest BCUT2D eigenvalue weighted by Crippen LogP contribution is 2.30. The number of nitrogens with one attached hydrogen (secondary N) is 1. The zero-order valence-electron chi connectivity index (χ0n) is 13.2. The van der Waals surface area contributed by atoms with Crippen LogP contribution in [0.3, 0.4) is 0 Å². The van der Waals surface area contributed by atoms with Gasteiger partial charge in [0.2, 0.25) is 0 Å². The molecule has 1 fully saturated rings. The first kappa shape index (κ1) is 15.9. The van der Waals surface area contributed by atoms with Crippen molar-refractivity contribution >= 4 is 23.0 Å². The Bertz CT molecular complexity index is 497. The minimum absolute atomic E-state index is 0.480. The van der Waals surface area contributed by atoms with E-state index in [1.54, 1.807) is 14.2 Å². The van der Waals surface area contributed by atoms with E-state index in [4.69, 9.17) is 21.7 Å². The average Bonchev–Trinajstić information content (AvgIpc) is 2.46. The van der Waals surface area contributed by atoms with Gasteiger partial charge in [-0.2, -0.15) is 0 Å². The summed E-state index contributed by atoms with van der Waals surface area (Å²) < 4.78 is 10.6. The van der Waals surface area contributed by atoms with Gasteiger partial charge in [0.1, 0.15) is 0 Å². The molecule has 21 heavy (non-hydrogen) atoms. The second-order valence-electron chi connectivity index (χ2n) is 5.54. The van der Waals surface area contributed by atoms with Gasteiger partial charge in [-0.1, -0.05) is 0 Å². The Morgan fingerprint density at radius 3 is 2.33 bits per heavy atom. The molecule has 4 nitrogen and oxygen atoms in total. The van der Waals surface area contributed by atoms with Crippen molar-refractivity contribution in [2.24, 2.45) is 0 Å². The summed E-state index contributed by atoms with van der Waals surface area (Å²) in [5.41, 5.74) is 0.919. The first-order valence-electron chi connectivity index (χ1n) is 7.38. The van der Waals surface area contributed by atoms with Crippen LogP contribution in [0, 0.1) is 0 Å². The first-order valence-corrected chi connectivity index (χ1v) is 7.79. The molecule has 0 amide bonds. The van der Waals surface area contributed by atoms with Crippen LogP contribution in [0.25, 0.3) is 0 Å². The van der Waals surface area contributed by atoms with Crippen LogP contribution >= 0.6 is 12.2 Å². The van der Waals surface area contributed by atoms with Crippen LogP contribution in [0.1, 0.15) is 33.1 Å². The standard InChI is InChI=1S/C16H24N2O2S/c1-11-6-5-7-12(2)18(11)16(21)17-13-8-9-14(19-3)15(10-13)20-4/h8-12H,5-7H2,1-4H3,(H,17,21)/t11-,12-/m1/s1. The number of methoxy groups -OCH3 is 2. The second kappa shape index (κ2) is 6.98. The number of nitrogens with zero attached hydrogens (tertiary/aromatic N) is 1. The Morgan fingerprint density at radius 1 is 1.14 bits per heavy atom. The monoisotopic (exact) mass is 308 g/mol. The molecule has 1 saturated heterocycles. The number of benzene rings is 1. The van der Waals surface area contributed by atoms with Crippen LogP contribution in [-0.4, -0.2) is 36.3 Å². The van der Waals surface area contributed by atoms with Crippen molar-refractivity contribution in [2.45, 2.75) is 45.2 Å². The van der Waals surface area contributed by atoms with Crippen molar-refractivity contribution in [1.82, 2.24) is 4.90 Å². The van der Waals surface area contributed by atoms with Crippen molar-refractivity contribution in [3.63, 3.8) is 0 Å². The van der Waals surface area contributed by atoms with E-state index >= 15 is 0 Å². The fourth-order valence-corrected chi connectivity index (χ4v) is 3.40. The van der Waals surface area contributed by atoms with Crippen LogP contribution < -0.4 is 14.8 Å². The minimum atomic E-state index is 0.480. The highest BCUT2D eigenvalue weighted by Gasteiger charge is 2.26. The van der Waals surface area contributed by atoms with Crippen LogP contribution in [0.2, 0.25) is 0 Å². The molecule has 116 valence electrons. The van der Waals surface area contributed by atoms with Gasteiger partial charge < -0.3 is 19.7 Å². The van der Waals surface area contributed by atoms with Crippen molar-refractivity contribution in [1.29, 1.82) is 0 Å². The number of piperidine rings is 1. The third-order valence-electron chi connectivity index (χ3n) is 4.06. The van der Waals surface area contributed by atoms with Gasteiger partial charge in [0.05, 0.1) is 14.2 Å². The maximum absolute atomic E-state index is 5.59. The topological polar surface area (TPSA) is 33.7 Å². The minimum Gasteiger partial charge on any atom is -0.493 e. The second-order valence-corrected chi connectivity index (χ2v) is 5.92. The Labute approximate surface area is 132 Å². The summed E-state index contributed by atoms with van der Waals surface area (Å²) in [6, 6.07) is 6.70. The number of anilines is 1. The molecule has 0 radical (unpaired) electrons. The SMILES string of the molecule is COc1ccc(NC(=S)N2[C@H](C)CCC[C@H]2C)cc1OC. The molecular weight excluding hydrogens is 284 g/mol. The zero-order chi connectivity index (χ0) is 15.4. The van der Waals surface area contributed by atoms with Gasteiger partial charge in [-0.05, 0) is 57.5 Å². The summed E-state index contributed by atoms with van der Waals surface area (Å²) in [6.07, 6.45) is 3.66. The Hall–Kier alpha value is -1.49. The lowest BCUT2D eigenvalue weighted by atomic mass is 9.98. The molecule has 1 aromatic rings. The molecule has 1 aliphatic rings. The zero-order valence-corrected chi connectivity index (χ0v) is 14.0. The quantitative estimate of drug-likeness (QED) is 0.862. The van der Waals surface area contributed by atoms with Gasteiger partial charge in [0.15, 0.2) is 16.6 Å². The molecule has 0 aliphatic carbocycles. The maximum atomic E-state index is 5.59. The molecule has 0 spiro atoms. The summed E-state index contributed by atoms with van der Waals surface area (Å²) in [7, 11) is 3.27. The van der Waals surface area contributed by atoms with Gasteiger partial charge in [-0.3, -0.25) is 0 Å². The smallest absolute Gasteiger partial charge is 0.173 e. The highest BCUT2D eigenvalue weighted by molar-refractivity contribution is 7.80. The summed E-state index contributed by atoms with van der Waals surface area (Å²) in [4.78, 5) is 2.30. The molecule has 2 rings (SSSR count). The first-order chi connectivity index (χ1) is 10.1. The number of hydrogen-bond donors (Lipinski definition) is 1. The number of rotatable bonds is 3. The fourth-order valence-electron chi connectivity index (χ4n) is 2.92. The van der Waals surface area contributed by atoms with Crippen LogP contribution in [0.15, 0.2) is 18.2 Å². The summed E-state index contributed by atoms with van der Waals surface area (Å²) in [6.45, 7) is 4.47. The Kier molecular flexibility index (Phi) is 5.28. The molecule has 2 atom stereocenters. The van der Waals surface area contributed by atoms with Crippen molar-refractivity contribution in [3.05, 3.63) is 18.2 Å². The average molecular weight is 308 g/mol. The molecule has 1 aliphatic heterocycles. The maximum Gasteiger partial charge on any atom is 0.173 e. The van der Waals surface area contributed by atoms with Crippen LogP contribution in [0.5, 0.6) is 11.5 Å². The molecule has 0 bridgehead atoms. The van der Waals surface area contributed by atoms with E-state index in [0.29, 0.717) is 23.6 Å². The largest absolute Gasteiger partial charge is 0.493 e. The molecule has 1 N–H and O–H groups in total. The predicted octanol–water partition coefficient (Wildman–Crippen LogP) is 3.66. The van der Waals surface area contributed by atoms with Gasteiger partial charge in [0.25, 0.3) is 0 Å². The number of likely N-dealkylation sites (tertiary alicyclic amines) is 1. The third-order valence-corrected chi connectivity index (χ3v) is 4.38. The number of ether oxygens (including phenoxy) is 2. The van der Waals surface area contributed by atoms with E-state index in [1.165, 1.54) is 19.3 Å². The third kappa shape index (κ3) is 3.59.